The molecule has 74 valence electrons. The Hall–Kier alpha value is -1.12. The van der Waals surface area contributed by atoms with Crippen LogP contribution in [0.5, 0.6) is 0 Å². The molecule has 0 bridgehead atoms. The summed E-state index contributed by atoms with van der Waals surface area (Å²) in [6, 6.07) is 10.1. The first-order valence-electron chi connectivity index (χ1n) is 4.80. The highest BCUT2D eigenvalue weighted by Crippen LogP contribution is 2.18. The van der Waals surface area contributed by atoms with Crippen LogP contribution in [0.15, 0.2) is 43.0 Å². The first-order chi connectivity index (χ1) is 6.90. The molecule has 1 saturated heterocycles. The Morgan fingerprint density at radius 1 is 1.50 bits per heavy atom. The summed E-state index contributed by atoms with van der Waals surface area (Å²) in [5.74, 6) is 0. The van der Waals surface area contributed by atoms with Crippen molar-refractivity contribution < 1.29 is 9.47 Å². The Bertz CT molecular complexity index is 290. The van der Waals surface area contributed by atoms with Gasteiger partial charge in [-0.2, -0.15) is 0 Å². The number of ether oxygens (including phenoxy) is 2. The molecule has 0 aromatic heterocycles. The fraction of sp³-hybridized carbons (Fsp3) is 0.333. The molecule has 1 aliphatic heterocycles. The third-order valence-electron chi connectivity index (χ3n) is 2.24. The van der Waals surface area contributed by atoms with Gasteiger partial charge >= 0.3 is 0 Å². The fourth-order valence-electron chi connectivity index (χ4n) is 1.34. The monoisotopic (exact) mass is 190 g/mol. The maximum Gasteiger partial charge on any atom is 0.111 e. The van der Waals surface area contributed by atoms with E-state index in [9.17, 15) is 0 Å². The normalized spacial score (nSPS) is 21.6. The van der Waals surface area contributed by atoms with Crippen molar-refractivity contribution in [3.8, 4) is 0 Å². The first-order valence-corrected chi connectivity index (χ1v) is 4.80. The molecule has 1 aliphatic rings. The van der Waals surface area contributed by atoms with E-state index in [1.807, 2.05) is 30.3 Å². The van der Waals surface area contributed by atoms with Crippen molar-refractivity contribution >= 4 is 0 Å². The zero-order valence-electron chi connectivity index (χ0n) is 8.06. The maximum atomic E-state index is 5.66. The summed E-state index contributed by atoms with van der Waals surface area (Å²) in [4.78, 5) is 0. The largest absolute Gasteiger partial charge is 0.370 e. The van der Waals surface area contributed by atoms with Crippen LogP contribution in [0.1, 0.15) is 5.56 Å². The molecular formula is C12H14O2. The van der Waals surface area contributed by atoms with E-state index in [1.165, 1.54) is 5.56 Å². The van der Waals surface area contributed by atoms with Gasteiger partial charge in [0.2, 0.25) is 0 Å². The van der Waals surface area contributed by atoms with Gasteiger partial charge in [-0.3, -0.25) is 0 Å². The molecule has 0 saturated carbocycles. The van der Waals surface area contributed by atoms with Gasteiger partial charge in [0, 0.05) is 0 Å². The van der Waals surface area contributed by atoms with Gasteiger partial charge in [-0.15, -0.1) is 6.58 Å². The van der Waals surface area contributed by atoms with Gasteiger partial charge in [-0.25, -0.2) is 0 Å². The molecule has 2 rings (SSSR count). The highest BCUT2D eigenvalue weighted by molar-refractivity contribution is 5.13. The molecule has 0 spiro atoms. The average Bonchev–Trinajstić information content (AvgIpc) is 3.05. The molecule has 2 nitrogen and oxygen atoms in total. The minimum atomic E-state index is 0.0372. The standard InChI is InChI=1S/C12H14O2/c1-2-11(12-9-14-12)13-8-10-6-4-3-5-7-10/h2-7,11-12H,1,8-9H2/t11?,12-/m0/s1. The van der Waals surface area contributed by atoms with Crippen molar-refractivity contribution in [2.45, 2.75) is 18.8 Å². The predicted molar refractivity (Wildman–Crippen MR) is 55.0 cm³/mol. The summed E-state index contributed by atoms with van der Waals surface area (Å²) in [5, 5.41) is 0. The number of hydrogen-bond donors (Lipinski definition) is 0. The van der Waals surface area contributed by atoms with Crippen LogP contribution in [0.3, 0.4) is 0 Å². The van der Waals surface area contributed by atoms with Gasteiger partial charge in [0.05, 0.1) is 13.2 Å². The second kappa shape index (κ2) is 4.40. The number of rotatable bonds is 5. The third kappa shape index (κ3) is 2.44. The lowest BCUT2D eigenvalue weighted by atomic mass is 10.2. The van der Waals surface area contributed by atoms with Gasteiger partial charge in [0.15, 0.2) is 0 Å². The van der Waals surface area contributed by atoms with Gasteiger partial charge < -0.3 is 9.47 Å². The van der Waals surface area contributed by atoms with Crippen LogP contribution in [0.25, 0.3) is 0 Å². The minimum absolute atomic E-state index is 0.0372. The van der Waals surface area contributed by atoms with Crippen molar-refractivity contribution in [2.24, 2.45) is 0 Å². The summed E-state index contributed by atoms with van der Waals surface area (Å²) in [6.45, 7) is 5.15. The first kappa shape index (κ1) is 9.44. The van der Waals surface area contributed by atoms with E-state index in [4.69, 9.17) is 9.47 Å². The quantitative estimate of drug-likeness (QED) is 0.524. The van der Waals surface area contributed by atoms with Crippen molar-refractivity contribution in [3.05, 3.63) is 48.6 Å². The molecule has 0 amide bonds. The Morgan fingerprint density at radius 3 is 2.79 bits per heavy atom. The van der Waals surface area contributed by atoms with E-state index in [0.29, 0.717) is 6.61 Å². The smallest absolute Gasteiger partial charge is 0.111 e. The van der Waals surface area contributed by atoms with E-state index in [0.717, 1.165) is 6.61 Å². The second-order valence-corrected chi connectivity index (χ2v) is 3.37. The van der Waals surface area contributed by atoms with Crippen LogP contribution < -0.4 is 0 Å². The molecule has 1 fully saturated rings. The summed E-state index contributed by atoms with van der Waals surface area (Å²) in [5.41, 5.74) is 1.18. The van der Waals surface area contributed by atoms with Crippen molar-refractivity contribution in [2.75, 3.05) is 6.61 Å². The average molecular weight is 190 g/mol. The lowest BCUT2D eigenvalue weighted by Crippen LogP contribution is -2.16. The van der Waals surface area contributed by atoms with Crippen LogP contribution in [-0.2, 0) is 16.1 Å². The molecule has 1 unspecified atom stereocenters. The molecule has 1 aromatic carbocycles. The maximum absolute atomic E-state index is 5.66. The molecule has 1 aromatic rings. The predicted octanol–water partition coefficient (Wildman–Crippen LogP) is 2.16. The number of hydrogen-bond acceptors (Lipinski definition) is 2. The van der Waals surface area contributed by atoms with Crippen molar-refractivity contribution in [1.29, 1.82) is 0 Å². The van der Waals surface area contributed by atoms with E-state index in [1.54, 1.807) is 6.08 Å². The van der Waals surface area contributed by atoms with Crippen LogP contribution in [0.4, 0.5) is 0 Å². The fourth-order valence-corrected chi connectivity index (χ4v) is 1.34. The van der Waals surface area contributed by atoms with Crippen molar-refractivity contribution in [1.82, 2.24) is 0 Å². The van der Waals surface area contributed by atoms with E-state index < -0.39 is 0 Å². The van der Waals surface area contributed by atoms with Gasteiger partial charge in [-0.1, -0.05) is 36.4 Å². The van der Waals surface area contributed by atoms with Gasteiger partial charge in [-0.05, 0) is 5.56 Å². The van der Waals surface area contributed by atoms with Gasteiger partial charge in [0.25, 0.3) is 0 Å². The third-order valence-corrected chi connectivity index (χ3v) is 2.24. The van der Waals surface area contributed by atoms with E-state index >= 15 is 0 Å². The number of benzene rings is 1. The molecule has 0 radical (unpaired) electrons. The van der Waals surface area contributed by atoms with E-state index in [2.05, 4.69) is 6.58 Å². The zero-order chi connectivity index (χ0) is 9.80. The molecule has 14 heavy (non-hydrogen) atoms. The molecule has 0 aliphatic carbocycles. The summed E-state index contributed by atoms with van der Waals surface area (Å²) in [7, 11) is 0. The SMILES string of the molecule is C=CC(OCc1ccccc1)[C@@H]1CO1. The Morgan fingerprint density at radius 2 is 2.21 bits per heavy atom. The Kier molecular flexibility index (Phi) is 2.96. The second-order valence-electron chi connectivity index (χ2n) is 3.37. The highest BCUT2D eigenvalue weighted by Gasteiger charge is 2.31. The molecular weight excluding hydrogens is 176 g/mol. The molecule has 2 atom stereocenters. The van der Waals surface area contributed by atoms with Crippen LogP contribution in [0.2, 0.25) is 0 Å². The van der Waals surface area contributed by atoms with Gasteiger partial charge in [0.1, 0.15) is 12.2 Å². The summed E-state index contributed by atoms with van der Waals surface area (Å²) >= 11 is 0. The summed E-state index contributed by atoms with van der Waals surface area (Å²) in [6.07, 6.45) is 2.08. The molecule has 0 N–H and O–H groups in total. The Balaban J connectivity index is 1.83. The van der Waals surface area contributed by atoms with Crippen LogP contribution in [0, 0.1) is 0 Å². The lowest BCUT2D eigenvalue weighted by molar-refractivity contribution is 0.0528. The topological polar surface area (TPSA) is 21.8 Å². The number of epoxide rings is 1. The van der Waals surface area contributed by atoms with Crippen LogP contribution in [-0.4, -0.2) is 18.8 Å². The molecule has 2 heteroatoms. The Labute approximate surface area is 84.2 Å². The van der Waals surface area contributed by atoms with Crippen LogP contribution >= 0.6 is 0 Å². The lowest BCUT2D eigenvalue weighted by Gasteiger charge is -2.10. The van der Waals surface area contributed by atoms with E-state index in [-0.39, 0.29) is 12.2 Å². The summed E-state index contributed by atoms with van der Waals surface area (Å²) < 4.78 is 10.8. The van der Waals surface area contributed by atoms with Crippen molar-refractivity contribution in [3.63, 3.8) is 0 Å². The molecule has 1 heterocycles. The minimum Gasteiger partial charge on any atom is -0.370 e. The zero-order valence-corrected chi connectivity index (χ0v) is 8.06. The highest BCUT2D eigenvalue weighted by atomic mass is 16.6.